The van der Waals surface area contributed by atoms with Crippen molar-refractivity contribution in [2.75, 3.05) is 13.1 Å². The number of rotatable bonds is 4. The molecule has 1 heterocycles. The van der Waals surface area contributed by atoms with E-state index in [-0.39, 0.29) is 11.4 Å². The van der Waals surface area contributed by atoms with E-state index in [1.165, 1.54) is 5.57 Å². The molecule has 5 heteroatoms. The largest absolute Gasteiger partial charge is 0.480 e. The van der Waals surface area contributed by atoms with Crippen molar-refractivity contribution < 1.29 is 14.7 Å². The Morgan fingerprint density at radius 3 is 2.50 bits per heavy atom. The molecule has 2 N–H and O–H groups in total. The van der Waals surface area contributed by atoms with Gasteiger partial charge in [-0.1, -0.05) is 45.8 Å². The summed E-state index contributed by atoms with van der Waals surface area (Å²) in [5.41, 5.74) is 1.49. The standard InChI is InChI=1S/C15H26N2O3/c1-5-6-12(13(18)19)16-14(20)17-9-7-11(8-10-17)15(2,3)4/h7,12H,5-6,8-10H2,1-4H3,(H,16,20)(H,18,19)/t12-/m0/s1. The van der Waals surface area contributed by atoms with Crippen molar-refractivity contribution in [1.82, 2.24) is 10.2 Å². The number of nitrogens with one attached hydrogen (secondary N) is 1. The third-order valence-electron chi connectivity index (χ3n) is 3.63. The molecule has 0 unspecified atom stereocenters. The maximum Gasteiger partial charge on any atom is 0.326 e. The van der Waals surface area contributed by atoms with Crippen LogP contribution in [0.5, 0.6) is 0 Å². The molecule has 1 rings (SSSR count). The minimum atomic E-state index is -0.969. The number of hydrogen-bond donors (Lipinski definition) is 2. The molecule has 0 radical (unpaired) electrons. The summed E-state index contributed by atoms with van der Waals surface area (Å²) in [6.45, 7) is 9.59. The molecular formula is C15H26N2O3. The van der Waals surface area contributed by atoms with Gasteiger partial charge >= 0.3 is 12.0 Å². The Morgan fingerprint density at radius 2 is 2.10 bits per heavy atom. The number of nitrogens with zero attached hydrogens (tertiary/aromatic N) is 1. The van der Waals surface area contributed by atoms with E-state index in [4.69, 9.17) is 5.11 Å². The SMILES string of the molecule is CCC[C@H](NC(=O)N1CC=C(C(C)(C)C)CC1)C(=O)O. The lowest BCUT2D eigenvalue weighted by atomic mass is 9.83. The van der Waals surface area contributed by atoms with Crippen molar-refractivity contribution >= 4 is 12.0 Å². The molecule has 0 spiro atoms. The fourth-order valence-corrected chi connectivity index (χ4v) is 2.32. The van der Waals surface area contributed by atoms with Gasteiger partial charge in [0.2, 0.25) is 0 Å². The highest BCUT2D eigenvalue weighted by atomic mass is 16.4. The van der Waals surface area contributed by atoms with Crippen LogP contribution in [0, 0.1) is 5.41 Å². The molecule has 1 aliphatic rings. The zero-order valence-corrected chi connectivity index (χ0v) is 12.9. The van der Waals surface area contributed by atoms with Gasteiger partial charge in [-0.05, 0) is 18.3 Å². The van der Waals surface area contributed by atoms with E-state index in [0.717, 1.165) is 12.8 Å². The minimum Gasteiger partial charge on any atom is -0.480 e. The average Bonchev–Trinajstić information content (AvgIpc) is 2.37. The summed E-state index contributed by atoms with van der Waals surface area (Å²) in [6, 6.07) is -1.07. The van der Waals surface area contributed by atoms with Gasteiger partial charge in [-0.15, -0.1) is 0 Å². The molecule has 20 heavy (non-hydrogen) atoms. The van der Waals surface area contributed by atoms with Gasteiger partial charge in [0.15, 0.2) is 0 Å². The van der Waals surface area contributed by atoms with Crippen LogP contribution in [0.3, 0.4) is 0 Å². The molecule has 0 aromatic rings. The van der Waals surface area contributed by atoms with Gasteiger partial charge in [-0.2, -0.15) is 0 Å². The molecule has 0 bridgehead atoms. The van der Waals surface area contributed by atoms with Gasteiger partial charge in [0, 0.05) is 13.1 Å². The number of urea groups is 1. The number of aliphatic carboxylic acids is 1. The molecule has 0 aromatic carbocycles. The van der Waals surface area contributed by atoms with Crippen LogP contribution in [-0.2, 0) is 4.79 Å². The van der Waals surface area contributed by atoms with Crippen LogP contribution < -0.4 is 5.32 Å². The molecule has 0 aliphatic carbocycles. The molecule has 114 valence electrons. The van der Waals surface area contributed by atoms with Gasteiger partial charge < -0.3 is 15.3 Å². The van der Waals surface area contributed by atoms with Gasteiger partial charge in [0.05, 0.1) is 0 Å². The molecule has 1 atom stereocenters. The Labute approximate surface area is 121 Å². The fraction of sp³-hybridized carbons (Fsp3) is 0.733. The summed E-state index contributed by atoms with van der Waals surface area (Å²) in [7, 11) is 0. The third-order valence-corrected chi connectivity index (χ3v) is 3.63. The summed E-state index contributed by atoms with van der Waals surface area (Å²) < 4.78 is 0. The minimum absolute atomic E-state index is 0.133. The number of carboxylic acids is 1. The Morgan fingerprint density at radius 1 is 1.45 bits per heavy atom. The smallest absolute Gasteiger partial charge is 0.326 e. The van der Waals surface area contributed by atoms with Crippen molar-refractivity contribution in [1.29, 1.82) is 0 Å². The quantitative estimate of drug-likeness (QED) is 0.779. The first-order chi connectivity index (χ1) is 9.25. The maximum absolute atomic E-state index is 12.1. The van der Waals surface area contributed by atoms with Crippen LogP contribution in [0.25, 0.3) is 0 Å². The van der Waals surface area contributed by atoms with Crippen LogP contribution in [0.15, 0.2) is 11.6 Å². The number of amides is 2. The molecule has 1 aliphatic heterocycles. The molecule has 2 amide bonds. The second kappa shape index (κ2) is 6.77. The summed E-state index contributed by atoms with van der Waals surface area (Å²) in [5.74, 6) is -0.969. The first kappa shape index (κ1) is 16.5. The lowest BCUT2D eigenvalue weighted by Crippen LogP contribution is -2.49. The van der Waals surface area contributed by atoms with Crippen molar-refractivity contribution in [3.8, 4) is 0 Å². The second-order valence-electron chi connectivity index (χ2n) is 6.30. The normalized spacial score (nSPS) is 17.4. The predicted octanol–water partition coefficient (Wildman–Crippen LogP) is 2.63. The molecule has 0 aromatic heterocycles. The fourth-order valence-electron chi connectivity index (χ4n) is 2.32. The lowest BCUT2D eigenvalue weighted by molar-refractivity contribution is -0.139. The van der Waals surface area contributed by atoms with Gasteiger partial charge in [0.1, 0.15) is 6.04 Å². The number of carbonyl (C=O) groups excluding carboxylic acids is 1. The van der Waals surface area contributed by atoms with E-state index in [9.17, 15) is 9.59 Å². The van der Waals surface area contributed by atoms with Gasteiger partial charge in [-0.25, -0.2) is 9.59 Å². The molecule has 0 fully saturated rings. The van der Waals surface area contributed by atoms with Gasteiger partial charge in [-0.3, -0.25) is 0 Å². The number of carbonyl (C=O) groups is 2. The maximum atomic E-state index is 12.1. The Bertz CT molecular complexity index is 396. The summed E-state index contributed by atoms with van der Waals surface area (Å²) in [6.07, 6.45) is 4.12. The zero-order valence-electron chi connectivity index (χ0n) is 12.9. The Kier molecular flexibility index (Phi) is 5.60. The van der Waals surface area contributed by atoms with E-state index in [2.05, 4.69) is 32.2 Å². The van der Waals surface area contributed by atoms with Crippen LogP contribution in [-0.4, -0.2) is 41.1 Å². The monoisotopic (exact) mass is 282 g/mol. The highest BCUT2D eigenvalue weighted by Gasteiger charge is 2.26. The second-order valence-corrected chi connectivity index (χ2v) is 6.30. The third kappa shape index (κ3) is 4.54. The van der Waals surface area contributed by atoms with Crippen LogP contribution in [0.1, 0.15) is 47.0 Å². The van der Waals surface area contributed by atoms with E-state index in [1.807, 2.05) is 6.92 Å². The van der Waals surface area contributed by atoms with Crippen molar-refractivity contribution in [2.24, 2.45) is 5.41 Å². The van der Waals surface area contributed by atoms with Crippen LogP contribution >= 0.6 is 0 Å². The predicted molar refractivity (Wildman–Crippen MR) is 78.6 cm³/mol. The first-order valence-corrected chi connectivity index (χ1v) is 7.23. The van der Waals surface area contributed by atoms with Crippen LogP contribution in [0.2, 0.25) is 0 Å². The average molecular weight is 282 g/mol. The van der Waals surface area contributed by atoms with E-state index in [0.29, 0.717) is 19.5 Å². The van der Waals surface area contributed by atoms with Crippen molar-refractivity contribution in [2.45, 2.75) is 53.0 Å². The van der Waals surface area contributed by atoms with E-state index >= 15 is 0 Å². The molecule has 5 nitrogen and oxygen atoms in total. The molecule has 0 saturated heterocycles. The number of hydrogen-bond acceptors (Lipinski definition) is 2. The summed E-state index contributed by atoms with van der Waals surface area (Å²) >= 11 is 0. The highest BCUT2D eigenvalue weighted by molar-refractivity contribution is 5.82. The Hall–Kier alpha value is -1.52. The van der Waals surface area contributed by atoms with Crippen LogP contribution in [0.4, 0.5) is 4.79 Å². The molecular weight excluding hydrogens is 256 g/mol. The topological polar surface area (TPSA) is 69.6 Å². The number of carboxylic acid groups (broad SMARTS) is 1. The van der Waals surface area contributed by atoms with Gasteiger partial charge in [0.25, 0.3) is 0 Å². The molecule has 0 saturated carbocycles. The first-order valence-electron chi connectivity index (χ1n) is 7.23. The van der Waals surface area contributed by atoms with E-state index < -0.39 is 12.0 Å². The van der Waals surface area contributed by atoms with Crippen molar-refractivity contribution in [3.63, 3.8) is 0 Å². The van der Waals surface area contributed by atoms with E-state index in [1.54, 1.807) is 4.90 Å². The highest BCUT2D eigenvalue weighted by Crippen LogP contribution is 2.29. The summed E-state index contributed by atoms with van der Waals surface area (Å²) in [5, 5.41) is 11.7. The Balaban J connectivity index is 2.58. The summed E-state index contributed by atoms with van der Waals surface area (Å²) in [4.78, 5) is 24.8. The lowest BCUT2D eigenvalue weighted by Gasteiger charge is -2.32. The van der Waals surface area contributed by atoms with Crippen molar-refractivity contribution in [3.05, 3.63) is 11.6 Å². The zero-order chi connectivity index (χ0) is 15.3.